The van der Waals surface area contributed by atoms with Crippen LogP contribution in [0.1, 0.15) is 38.3 Å². The van der Waals surface area contributed by atoms with Crippen LogP contribution in [-0.2, 0) is 21.3 Å². The summed E-state index contributed by atoms with van der Waals surface area (Å²) in [7, 11) is 0. The van der Waals surface area contributed by atoms with Crippen molar-refractivity contribution in [3.05, 3.63) is 34.1 Å². The van der Waals surface area contributed by atoms with E-state index in [9.17, 15) is 27.2 Å². The van der Waals surface area contributed by atoms with Crippen molar-refractivity contribution in [1.82, 2.24) is 16.0 Å². The molecule has 1 aliphatic rings. The van der Waals surface area contributed by atoms with E-state index in [1.165, 1.54) is 13.8 Å². The van der Waals surface area contributed by atoms with Crippen LogP contribution in [0.4, 0.5) is 17.6 Å². The fourth-order valence-electron chi connectivity index (χ4n) is 2.76. The molecule has 0 aromatic heterocycles. The van der Waals surface area contributed by atoms with Gasteiger partial charge in [-0.1, -0.05) is 11.6 Å². The second kappa shape index (κ2) is 7.03. The highest BCUT2D eigenvalue weighted by Gasteiger charge is 2.38. The Balaban J connectivity index is 2.26. The highest BCUT2D eigenvalue weighted by atomic mass is 35.5. The maximum atomic E-state index is 13.9. The van der Waals surface area contributed by atoms with E-state index in [0.29, 0.717) is 12.1 Å². The maximum absolute atomic E-state index is 13.9. The number of carbonyl (C=O) groups excluding carboxylic acids is 2. The van der Waals surface area contributed by atoms with E-state index in [4.69, 9.17) is 11.6 Å². The molecule has 1 aliphatic heterocycles. The molecule has 1 fully saturated rings. The molecule has 10 heteroatoms. The lowest BCUT2D eigenvalue weighted by Gasteiger charge is -2.33. The molecule has 1 aromatic rings. The van der Waals surface area contributed by atoms with E-state index >= 15 is 0 Å². The summed E-state index contributed by atoms with van der Waals surface area (Å²) in [5, 5.41) is 7.73. The van der Waals surface area contributed by atoms with Crippen LogP contribution in [0.2, 0.25) is 5.02 Å². The summed E-state index contributed by atoms with van der Waals surface area (Å²) in [5.41, 5.74) is -2.75. The number of hydrogen-bond acceptors (Lipinski definition) is 3. The van der Waals surface area contributed by atoms with Crippen LogP contribution in [0.3, 0.4) is 0 Å². The molecule has 5 nitrogen and oxygen atoms in total. The van der Waals surface area contributed by atoms with Crippen molar-refractivity contribution in [2.24, 2.45) is 0 Å². The number of alkyl halides is 3. The average Bonchev–Trinajstić information content (AvgIpc) is 2.46. The average molecular weight is 396 g/mol. The third kappa shape index (κ3) is 4.45. The third-order valence-corrected chi connectivity index (χ3v) is 4.32. The predicted octanol–water partition coefficient (Wildman–Crippen LogP) is 2.67. The first-order chi connectivity index (χ1) is 11.8. The van der Waals surface area contributed by atoms with Crippen LogP contribution in [0, 0.1) is 5.82 Å². The van der Waals surface area contributed by atoms with E-state index in [1.807, 2.05) is 0 Å². The first-order valence-electron chi connectivity index (χ1n) is 7.75. The van der Waals surface area contributed by atoms with Gasteiger partial charge in [0.25, 0.3) is 0 Å². The number of rotatable bonds is 3. The van der Waals surface area contributed by atoms with Gasteiger partial charge >= 0.3 is 6.18 Å². The summed E-state index contributed by atoms with van der Waals surface area (Å²) < 4.78 is 52.2. The van der Waals surface area contributed by atoms with Gasteiger partial charge in [-0.25, -0.2) is 4.39 Å². The van der Waals surface area contributed by atoms with Crippen molar-refractivity contribution < 1.29 is 27.2 Å². The highest BCUT2D eigenvalue weighted by molar-refractivity contribution is 6.31. The zero-order valence-corrected chi connectivity index (χ0v) is 15.0. The van der Waals surface area contributed by atoms with Gasteiger partial charge in [-0.3, -0.25) is 14.9 Å². The van der Waals surface area contributed by atoms with Gasteiger partial charge in [0, 0.05) is 5.02 Å². The highest BCUT2D eigenvalue weighted by Crippen LogP contribution is 2.37. The molecule has 2 unspecified atom stereocenters. The lowest BCUT2D eigenvalue weighted by Crippen LogP contribution is -2.61. The van der Waals surface area contributed by atoms with Crippen LogP contribution >= 0.6 is 11.6 Å². The van der Waals surface area contributed by atoms with Crippen LogP contribution < -0.4 is 16.0 Å². The number of hydrogen-bond donors (Lipinski definition) is 3. The molecule has 144 valence electrons. The summed E-state index contributed by atoms with van der Waals surface area (Å²) >= 11 is 5.91. The Morgan fingerprint density at radius 3 is 2.42 bits per heavy atom. The Morgan fingerprint density at radius 1 is 1.27 bits per heavy atom. The van der Waals surface area contributed by atoms with Crippen LogP contribution in [0.25, 0.3) is 0 Å². The molecule has 0 bridgehead atoms. The normalized spacial score (nSPS) is 21.3. The van der Waals surface area contributed by atoms with E-state index < -0.39 is 41.2 Å². The number of halogens is 5. The smallest absolute Gasteiger partial charge is 0.346 e. The van der Waals surface area contributed by atoms with Gasteiger partial charge < -0.3 is 10.6 Å². The Hall–Kier alpha value is -1.87. The third-order valence-electron chi connectivity index (χ3n) is 4.01. The van der Waals surface area contributed by atoms with Crippen molar-refractivity contribution in [2.45, 2.75) is 51.1 Å². The summed E-state index contributed by atoms with van der Waals surface area (Å²) in [4.78, 5) is 24.0. The van der Waals surface area contributed by atoms with Gasteiger partial charge in [-0.15, -0.1) is 0 Å². The summed E-state index contributed by atoms with van der Waals surface area (Å²) in [6.07, 6.45) is -5.39. The van der Waals surface area contributed by atoms with Gasteiger partial charge in [0.15, 0.2) is 0 Å². The van der Waals surface area contributed by atoms with Gasteiger partial charge in [0.05, 0.1) is 29.7 Å². The molecule has 1 aromatic carbocycles. The zero-order chi connectivity index (χ0) is 19.9. The molecular formula is C16H18ClF4N3O2. The molecule has 2 atom stereocenters. The summed E-state index contributed by atoms with van der Waals surface area (Å²) in [6, 6.07) is 0.333. The standard InChI is InChI=1S/C16H18ClF4N3O2/c1-7-22-12(6-13(25)23-7)14(26)24-15(2,3)8-5-11(18)9(4-10(8)17)16(19,20)21/h4-5,7,12,22H,6H2,1-3H3,(H,23,25)(H,24,26). The Kier molecular flexibility index (Phi) is 5.53. The van der Waals surface area contributed by atoms with E-state index in [-0.39, 0.29) is 22.9 Å². The monoisotopic (exact) mass is 395 g/mol. The van der Waals surface area contributed by atoms with Gasteiger partial charge in [0.2, 0.25) is 11.8 Å². The van der Waals surface area contributed by atoms with Gasteiger partial charge in [0.1, 0.15) is 5.82 Å². The topological polar surface area (TPSA) is 70.2 Å². The predicted molar refractivity (Wildman–Crippen MR) is 86.7 cm³/mol. The summed E-state index contributed by atoms with van der Waals surface area (Å²) in [6.45, 7) is 4.61. The number of carbonyl (C=O) groups is 2. The molecule has 3 N–H and O–H groups in total. The van der Waals surface area contributed by atoms with E-state index in [2.05, 4.69) is 16.0 Å². The fraction of sp³-hybridized carbons (Fsp3) is 0.500. The second-order valence-corrected chi connectivity index (χ2v) is 7.04. The van der Waals surface area contributed by atoms with Crippen molar-refractivity contribution in [3.8, 4) is 0 Å². The second-order valence-electron chi connectivity index (χ2n) is 6.64. The lowest BCUT2D eigenvalue weighted by molar-refractivity contribution is -0.140. The molecule has 0 aliphatic carbocycles. The molecule has 0 saturated carbocycles. The number of nitrogens with one attached hydrogen (secondary N) is 3. The molecule has 2 rings (SSSR count). The lowest BCUT2D eigenvalue weighted by atomic mass is 9.92. The molecule has 1 saturated heterocycles. The van der Waals surface area contributed by atoms with Crippen LogP contribution in [0.15, 0.2) is 12.1 Å². The Bertz CT molecular complexity index is 737. The first kappa shape index (κ1) is 20.4. The van der Waals surface area contributed by atoms with Crippen molar-refractivity contribution in [2.75, 3.05) is 0 Å². The van der Waals surface area contributed by atoms with E-state index in [1.54, 1.807) is 6.92 Å². The molecule has 2 amide bonds. The number of benzene rings is 1. The van der Waals surface area contributed by atoms with Crippen molar-refractivity contribution in [3.63, 3.8) is 0 Å². The Labute approximate surface area is 152 Å². The van der Waals surface area contributed by atoms with Crippen molar-refractivity contribution >= 4 is 23.4 Å². The minimum Gasteiger partial charge on any atom is -0.346 e. The first-order valence-corrected chi connectivity index (χ1v) is 8.13. The quantitative estimate of drug-likeness (QED) is 0.689. The maximum Gasteiger partial charge on any atom is 0.419 e. The largest absolute Gasteiger partial charge is 0.419 e. The summed E-state index contributed by atoms with van der Waals surface area (Å²) in [5.74, 6) is -2.34. The van der Waals surface area contributed by atoms with Gasteiger partial charge in [-0.2, -0.15) is 13.2 Å². The molecule has 0 spiro atoms. The van der Waals surface area contributed by atoms with Crippen molar-refractivity contribution in [1.29, 1.82) is 0 Å². The zero-order valence-electron chi connectivity index (χ0n) is 14.2. The SMILES string of the molecule is CC1NC(=O)CC(C(=O)NC(C)(C)c2cc(F)c(C(F)(F)F)cc2Cl)N1. The Morgan fingerprint density at radius 2 is 1.88 bits per heavy atom. The van der Waals surface area contributed by atoms with Crippen LogP contribution in [0.5, 0.6) is 0 Å². The fourth-order valence-corrected chi connectivity index (χ4v) is 3.16. The van der Waals surface area contributed by atoms with Gasteiger partial charge in [-0.05, 0) is 38.5 Å². The number of amides is 2. The minimum atomic E-state index is -4.88. The molecule has 1 heterocycles. The van der Waals surface area contributed by atoms with E-state index in [0.717, 1.165) is 0 Å². The molecule has 26 heavy (non-hydrogen) atoms. The molecule has 0 radical (unpaired) electrons. The minimum absolute atomic E-state index is 0.00803. The molecular weight excluding hydrogens is 378 g/mol. The van der Waals surface area contributed by atoms with Crippen LogP contribution in [-0.4, -0.2) is 24.0 Å².